The number of benzene rings is 3. The third-order valence-electron chi connectivity index (χ3n) is 3.42. The van der Waals surface area contributed by atoms with Crippen LogP contribution in [0.3, 0.4) is 0 Å². The van der Waals surface area contributed by atoms with Crippen molar-refractivity contribution in [2.75, 3.05) is 13.7 Å². The molecule has 0 amide bonds. The van der Waals surface area contributed by atoms with Gasteiger partial charge in [-0.05, 0) is 47.2 Å². The van der Waals surface area contributed by atoms with Gasteiger partial charge in [0.25, 0.3) is 0 Å². The summed E-state index contributed by atoms with van der Waals surface area (Å²) in [6.45, 7) is -0.196. The third kappa shape index (κ3) is 3.86. The van der Waals surface area contributed by atoms with E-state index in [1.54, 1.807) is 25.3 Å². The first kappa shape index (κ1) is 16.3. The molecule has 3 aromatic rings. The number of carbonyl (C=O) groups is 1. The summed E-state index contributed by atoms with van der Waals surface area (Å²) in [7, 11) is 1.55. The molecule has 0 heterocycles. The Morgan fingerprint density at radius 1 is 0.958 bits per heavy atom. The van der Waals surface area contributed by atoms with Crippen molar-refractivity contribution in [2.24, 2.45) is 0 Å². The number of hydrogen-bond acceptors (Lipinski definition) is 4. The molecule has 0 spiro atoms. The minimum absolute atomic E-state index is 0.196. The summed E-state index contributed by atoms with van der Waals surface area (Å²) in [5, 5.41) is 2.06. The second-order valence-electron chi connectivity index (χ2n) is 5.07. The Kier molecular flexibility index (Phi) is 5.01. The highest BCUT2D eigenvalue weighted by molar-refractivity contribution is 9.10. The zero-order chi connectivity index (χ0) is 16.9. The van der Waals surface area contributed by atoms with Crippen LogP contribution < -0.4 is 14.2 Å². The Balaban J connectivity index is 1.65. The van der Waals surface area contributed by atoms with Crippen LogP contribution in [0, 0.1) is 0 Å². The average Bonchev–Trinajstić information content (AvgIpc) is 2.60. The lowest BCUT2D eigenvalue weighted by Gasteiger charge is -2.10. The summed E-state index contributed by atoms with van der Waals surface area (Å²) >= 11 is 3.43. The Morgan fingerprint density at radius 3 is 2.46 bits per heavy atom. The number of para-hydroxylation sites is 2. The summed E-state index contributed by atoms with van der Waals surface area (Å²) in [5.41, 5.74) is 0. The molecular weight excluding hydrogens is 372 g/mol. The molecule has 0 aliphatic rings. The van der Waals surface area contributed by atoms with E-state index < -0.39 is 5.97 Å². The normalized spacial score (nSPS) is 10.4. The molecular formula is C19H15BrO4. The van der Waals surface area contributed by atoms with E-state index >= 15 is 0 Å². The second kappa shape index (κ2) is 7.36. The number of hydrogen-bond donors (Lipinski definition) is 0. The molecule has 0 saturated heterocycles. The SMILES string of the molecule is COc1ccccc1OCC(=O)Oc1ccc2cc(Br)ccc2c1. The number of rotatable bonds is 5. The first-order valence-corrected chi connectivity index (χ1v) is 8.11. The topological polar surface area (TPSA) is 44.8 Å². The minimum atomic E-state index is -0.475. The summed E-state index contributed by atoms with van der Waals surface area (Å²) < 4.78 is 17.0. The van der Waals surface area contributed by atoms with Gasteiger partial charge in [-0.25, -0.2) is 4.79 Å². The maximum atomic E-state index is 12.0. The number of fused-ring (bicyclic) bond motifs is 1. The van der Waals surface area contributed by atoms with Crippen molar-refractivity contribution in [1.29, 1.82) is 0 Å². The van der Waals surface area contributed by atoms with Crippen LogP contribution in [0.1, 0.15) is 0 Å². The lowest BCUT2D eigenvalue weighted by atomic mass is 10.1. The van der Waals surface area contributed by atoms with E-state index in [4.69, 9.17) is 14.2 Å². The molecule has 4 nitrogen and oxygen atoms in total. The highest BCUT2D eigenvalue weighted by Gasteiger charge is 2.09. The van der Waals surface area contributed by atoms with Crippen LogP contribution >= 0.6 is 15.9 Å². The van der Waals surface area contributed by atoms with Crippen LogP contribution in [0.2, 0.25) is 0 Å². The monoisotopic (exact) mass is 386 g/mol. The van der Waals surface area contributed by atoms with E-state index in [1.807, 2.05) is 42.5 Å². The summed E-state index contributed by atoms with van der Waals surface area (Å²) in [4.78, 5) is 12.0. The van der Waals surface area contributed by atoms with Gasteiger partial charge in [0.05, 0.1) is 7.11 Å². The smallest absolute Gasteiger partial charge is 0.349 e. The second-order valence-corrected chi connectivity index (χ2v) is 5.98. The van der Waals surface area contributed by atoms with E-state index in [-0.39, 0.29) is 6.61 Å². The van der Waals surface area contributed by atoms with E-state index in [0.717, 1.165) is 15.2 Å². The molecule has 0 bridgehead atoms. The lowest BCUT2D eigenvalue weighted by molar-refractivity contribution is -0.136. The molecule has 0 aliphatic heterocycles. The average molecular weight is 387 g/mol. The van der Waals surface area contributed by atoms with Crippen molar-refractivity contribution in [1.82, 2.24) is 0 Å². The number of esters is 1. The molecule has 0 radical (unpaired) electrons. The highest BCUT2D eigenvalue weighted by Crippen LogP contribution is 2.26. The van der Waals surface area contributed by atoms with E-state index in [9.17, 15) is 4.79 Å². The third-order valence-corrected chi connectivity index (χ3v) is 3.91. The molecule has 122 valence electrons. The molecule has 24 heavy (non-hydrogen) atoms. The van der Waals surface area contributed by atoms with E-state index in [0.29, 0.717) is 17.2 Å². The van der Waals surface area contributed by atoms with Gasteiger partial charge in [0, 0.05) is 4.47 Å². The van der Waals surface area contributed by atoms with Crippen LogP contribution in [0.25, 0.3) is 10.8 Å². The first-order valence-electron chi connectivity index (χ1n) is 7.31. The predicted octanol–water partition coefficient (Wildman–Crippen LogP) is 4.60. The maximum Gasteiger partial charge on any atom is 0.349 e. The van der Waals surface area contributed by atoms with E-state index in [2.05, 4.69) is 15.9 Å². The van der Waals surface area contributed by atoms with Gasteiger partial charge in [0.15, 0.2) is 18.1 Å². The Morgan fingerprint density at radius 2 is 1.67 bits per heavy atom. The van der Waals surface area contributed by atoms with Crippen LogP contribution in [-0.4, -0.2) is 19.7 Å². The minimum Gasteiger partial charge on any atom is -0.493 e. The van der Waals surface area contributed by atoms with Crippen molar-refractivity contribution >= 4 is 32.7 Å². The zero-order valence-corrected chi connectivity index (χ0v) is 14.6. The first-order chi connectivity index (χ1) is 11.7. The van der Waals surface area contributed by atoms with Crippen molar-refractivity contribution in [2.45, 2.75) is 0 Å². The number of halogens is 1. The van der Waals surface area contributed by atoms with Crippen LogP contribution in [0.5, 0.6) is 17.2 Å². The molecule has 0 atom stereocenters. The Labute approximate surface area is 148 Å². The fourth-order valence-corrected chi connectivity index (χ4v) is 2.67. The van der Waals surface area contributed by atoms with Crippen LogP contribution in [-0.2, 0) is 4.79 Å². The molecule has 0 saturated carbocycles. The van der Waals surface area contributed by atoms with Gasteiger partial charge in [-0.3, -0.25) is 0 Å². The van der Waals surface area contributed by atoms with Gasteiger partial charge in [-0.2, -0.15) is 0 Å². The summed E-state index contributed by atoms with van der Waals surface area (Å²) in [6, 6.07) is 18.5. The summed E-state index contributed by atoms with van der Waals surface area (Å²) in [6.07, 6.45) is 0. The molecule has 0 aliphatic carbocycles. The molecule has 0 unspecified atom stereocenters. The Hall–Kier alpha value is -2.53. The molecule has 3 rings (SSSR count). The molecule has 5 heteroatoms. The highest BCUT2D eigenvalue weighted by atomic mass is 79.9. The standard InChI is InChI=1S/C19H15BrO4/c1-22-17-4-2-3-5-18(17)23-12-19(21)24-16-9-7-13-10-15(20)8-6-14(13)11-16/h2-11H,12H2,1H3. The van der Waals surface area contributed by atoms with Crippen LogP contribution in [0.15, 0.2) is 65.1 Å². The largest absolute Gasteiger partial charge is 0.493 e. The van der Waals surface area contributed by atoms with Gasteiger partial charge in [-0.15, -0.1) is 0 Å². The van der Waals surface area contributed by atoms with E-state index in [1.165, 1.54) is 0 Å². The Bertz CT molecular complexity index is 876. The predicted molar refractivity (Wildman–Crippen MR) is 95.8 cm³/mol. The molecule has 3 aromatic carbocycles. The molecule has 0 aromatic heterocycles. The summed E-state index contributed by atoms with van der Waals surface area (Å²) in [5.74, 6) is 1.08. The van der Waals surface area contributed by atoms with Gasteiger partial charge in [0.1, 0.15) is 5.75 Å². The number of methoxy groups -OCH3 is 1. The van der Waals surface area contributed by atoms with Crippen molar-refractivity contribution < 1.29 is 19.0 Å². The molecule has 0 N–H and O–H groups in total. The number of carbonyl (C=O) groups excluding carboxylic acids is 1. The van der Waals surface area contributed by atoms with Crippen LogP contribution in [0.4, 0.5) is 0 Å². The molecule has 0 fully saturated rings. The lowest BCUT2D eigenvalue weighted by Crippen LogP contribution is -2.17. The van der Waals surface area contributed by atoms with Crippen molar-refractivity contribution in [3.63, 3.8) is 0 Å². The van der Waals surface area contributed by atoms with Gasteiger partial charge in [0.2, 0.25) is 0 Å². The van der Waals surface area contributed by atoms with Gasteiger partial charge >= 0.3 is 5.97 Å². The fraction of sp³-hybridized carbons (Fsp3) is 0.105. The maximum absolute atomic E-state index is 12.0. The van der Waals surface area contributed by atoms with Crippen molar-refractivity contribution in [3.8, 4) is 17.2 Å². The van der Waals surface area contributed by atoms with Gasteiger partial charge < -0.3 is 14.2 Å². The zero-order valence-electron chi connectivity index (χ0n) is 13.0. The van der Waals surface area contributed by atoms with Crippen molar-refractivity contribution in [3.05, 3.63) is 65.1 Å². The number of ether oxygens (including phenoxy) is 3. The quantitative estimate of drug-likeness (QED) is 0.474. The van der Waals surface area contributed by atoms with Gasteiger partial charge in [-0.1, -0.05) is 40.2 Å². The fourth-order valence-electron chi connectivity index (χ4n) is 2.29.